The van der Waals surface area contributed by atoms with Gasteiger partial charge in [0.1, 0.15) is 15.7 Å². The maximum atomic E-state index is 13.9. The van der Waals surface area contributed by atoms with Gasteiger partial charge in [-0.3, -0.25) is 0 Å². The largest absolute Gasteiger partial charge is 0.310 e. The number of halogens is 1. The minimum absolute atomic E-state index is 0.0913. The highest BCUT2D eigenvalue weighted by Gasteiger charge is 2.20. The summed E-state index contributed by atoms with van der Waals surface area (Å²) in [6, 6.07) is 5.77. The van der Waals surface area contributed by atoms with Crippen LogP contribution >= 0.6 is 0 Å². The summed E-state index contributed by atoms with van der Waals surface area (Å²) >= 11 is 0. The second-order valence-corrected chi connectivity index (χ2v) is 8.21. The summed E-state index contributed by atoms with van der Waals surface area (Å²) in [7, 11) is -1.18. The van der Waals surface area contributed by atoms with Gasteiger partial charge in [0.15, 0.2) is 0 Å². The summed E-state index contributed by atoms with van der Waals surface area (Å²) < 4.78 is 36.2. The molecule has 1 aliphatic carbocycles. The number of benzene rings is 1. The first-order chi connectivity index (χ1) is 9.83. The molecule has 1 N–H and O–H groups in total. The summed E-state index contributed by atoms with van der Waals surface area (Å²) in [6.45, 7) is 1.58. The Labute approximate surface area is 126 Å². The quantitative estimate of drug-likeness (QED) is 0.791. The van der Waals surface area contributed by atoms with E-state index in [0.29, 0.717) is 24.7 Å². The van der Waals surface area contributed by atoms with Crippen molar-refractivity contribution in [3.63, 3.8) is 0 Å². The van der Waals surface area contributed by atoms with E-state index in [2.05, 4.69) is 5.32 Å². The summed E-state index contributed by atoms with van der Waals surface area (Å²) in [5, 5.41) is 3.40. The molecule has 1 fully saturated rings. The van der Waals surface area contributed by atoms with Gasteiger partial charge in [-0.2, -0.15) is 0 Å². The van der Waals surface area contributed by atoms with Gasteiger partial charge in [0.2, 0.25) is 0 Å². The van der Waals surface area contributed by atoms with E-state index < -0.39 is 9.84 Å². The smallest absolute Gasteiger partial charge is 0.148 e. The SMILES string of the molecule is CN(CCS(C)(=O)=O)Cc1cc(CNC2CC2)ccc1F. The fourth-order valence-corrected chi connectivity index (χ4v) is 2.74. The van der Waals surface area contributed by atoms with Crippen LogP contribution in [0.1, 0.15) is 24.0 Å². The molecule has 21 heavy (non-hydrogen) atoms. The molecule has 0 unspecified atom stereocenters. The summed E-state index contributed by atoms with van der Waals surface area (Å²) in [6.07, 6.45) is 3.66. The molecule has 0 saturated heterocycles. The number of nitrogens with zero attached hydrogens (tertiary/aromatic N) is 1. The van der Waals surface area contributed by atoms with Crippen molar-refractivity contribution >= 4 is 9.84 Å². The van der Waals surface area contributed by atoms with E-state index >= 15 is 0 Å². The van der Waals surface area contributed by atoms with E-state index in [-0.39, 0.29) is 11.6 Å². The molecule has 2 rings (SSSR count). The average Bonchev–Trinajstić information content (AvgIpc) is 3.21. The highest BCUT2D eigenvalue weighted by Crippen LogP contribution is 2.20. The van der Waals surface area contributed by atoms with E-state index in [1.54, 1.807) is 13.1 Å². The van der Waals surface area contributed by atoms with E-state index in [9.17, 15) is 12.8 Å². The van der Waals surface area contributed by atoms with Crippen molar-refractivity contribution in [2.45, 2.75) is 32.0 Å². The maximum absolute atomic E-state index is 13.9. The van der Waals surface area contributed by atoms with Crippen molar-refractivity contribution in [1.82, 2.24) is 10.2 Å². The fourth-order valence-electron chi connectivity index (χ4n) is 2.10. The van der Waals surface area contributed by atoms with Gasteiger partial charge in [0.25, 0.3) is 0 Å². The van der Waals surface area contributed by atoms with E-state index in [0.717, 1.165) is 12.1 Å². The lowest BCUT2D eigenvalue weighted by Gasteiger charge is -2.17. The standard InChI is InChI=1S/C15H23FN2O2S/c1-18(7-8-21(2,19)20)11-13-9-12(3-6-15(13)16)10-17-14-4-5-14/h3,6,9,14,17H,4-5,7-8,10-11H2,1-2H3. The van der Waals surface area contributed by atoms with Crippen molar-refractivity contribution in [2.75, 3.05) is 25.6 Å². The van der Waals surface area contributed by atoms with Gasteiger partial charge in [0, 0.05) is 37.5 Å². The molecular weight excluding hydrogens is 291 g/mol. The molecule has 0 aromatic heterocycles. The van der Waals surface area contributed by atoms with Crippen LogP contribution < -0.4 is 5.32 Å². The Morgan fingerprint density at radius 1 is 1.38 bits per heavy atom. The lowest BCUT2D eigenvalue weighted by atomic mass is 10.1. The Balaban J connectivity index is 1.92. The molecule has 1 aromatic rings. The molecule has 0 aliphatic heterocycles. The van der Waals surface area contributed by atoms with Crippen molar-refractivity contribution in [3.8, 4) is 0 Å². The van der Waals surface area contributed by atoms with Gasteiger partial charge in [-0.05, 0) is 31.5 Å². The van der Waals surface area contributed by atoms with Crippen molar-refractivity contribution in [1.29, 1.82) is 0 Å². The first kappa shape index (κ1) is 16.4. The molecule has 0 heterocycles. The normalized spacial score (nSPS) is 15.6. The highest BCUT2D eigenvalue weighted by atomic mass is 32.2. The van der Waals surface area contributed by atoms with Crippen LogP contribution in [0.5, 0.6) is 0 Å². The summed E-state index contributed by atoms with van der Waals surface area (Å²) in [5.41, 5.74) is 1.68. The Hall–Kier alpha value is -0.980. The number of hydrogen-bond acceptors (Lipinski definition) is 4. The highest BCUT2D eigenvalue weighted by molar-refractivity contribution is 7.90. The molecule has 118 valence electrons. The van der Waals surface area contributed by atoms with Crippen LogP contribution in [0.3, 0.4) is 0 Å². The van der Waals surface area contributed by atoms with Crippen LogP contribution in [0.4, 0.5) is 4.39 Å². The Kier molecular flexibility index (Phi) is 5.35. The van der Waals surface area contributed by atoms with Crippen LogP contribution in [0, 0.1) is 5.82 Å². The Morgan fingerprint density at radius 2 is 2.10 bits per heavy atom. The topological polar surface area (TPSA) is 49.4 Å². The zero-order chi connectivity index (χ0) is 15.5. The molecular formula is C15H23FN2O2S. The molecule has 1 saturated carbocycles. The number of nitrogens with one attached hydrogen (secondary N) is 1. The van der Waals surface area contributed by atoms with Crippen LogP contribution in [-0.4, -0.2) is 45.0 Å². The molecule has 0 spiro atoms. The zero-order valence-electron chi connectivity index (χ0n) is 12.6. The van der Waals surface area contributed by atoms with E-state index in [1.165, 1.54) is 25.2 Å². The predicted molar refractivity (Wildman–Crippen MR) is 82.3 cm³/mol. The van der Waals surface area contributed by atoms with Crippen LogP contribution in [-0.2, 0) is 22.9 Å². The Bertz CT molecular complexity index is 585. The molecule has 0 atom stereocenters. The lowest BCUT2D eigenvalue weighted by molar-refractivity contribution is 0.339. The minimum atomic E-state index is -2.99. The first-order valence-corrected chi connectivity index (χ1v) is 9.26. The molecule has 0 radical (unpaired) electrons. The van der Waals surface area contributed by atoms with Crippen molar-refractivity contribution in [3.05, 3.63) is 35.1 Å². The first-order valence-electron chi connectivity index (χ1n) is 7.20. The molecule has 1 aliphatic rings. The number of hydrogen-bond donors (Lipinski definition) is 1. The molecule has 0 amide bonds. The molecule has 6 heteroatoms. The van der Waals surface area contributed by atoms with E-state index in [4.69, 9.17) is 0 Å². The third-order valence-corrected chi connectivity index (χ3v) is 4.49. The third kappa shape index (κ3) is 6.11. The predicted octanol–water partition coefficient (Wildman–Crippen LogP) is 1.55. The minimum Gasteiger partial charge on any atom is -0.310 e. The van der Waals surface area contributed by atoms with Gasteiger partial charge in [-0.1, -0.05) is 12.1 Å². The van der Waals surface area contributed by atoms with Crippen LogP contribution in [0.25, 0.3) is 0 Å². The molecule has 1 aromatic carbocycles. The number of rotatable bonds is 8. The average molecular weight is 314 g/mol. The lowest BCUT2D eigenvalue weighted by Crippen LogP contribution is -2.25. The van der Waals surface area contributed by atoms with E-state index in [1.807, 2.05) is 11.0 Å². The van der Waals surface area contributed by atoms with Gasteiger partial charge in [0.05, 0.1) is 5.75 Å². The van der Waals surface area contributed by atoms with Gasteiger partial charge < -0.3 is 10.2 Å². The summed E-state index contributed by atoms with van der Waals surface area (Å²) in [4.78, 5) is 1.83. The molecule has 4 nitrogen and oxygen atoms in total. The monoisotopic (exact) mass is 314 g/mol. The second kappa shape index (κ2) is 6.85. The fraction of sp³-hybridized carbons (Fsp3) is 0.600. The Morgan fingerprint density at radius 3 is 2.71 bits per heavy atom. The second-order valence-electron chi connectivity index (χ2n) is 5.95. The van der Waals surface area contributed by atoms with Gasteiger partial charge >= 0.3 is 0 Å². The zero-order valence-corrected chi connectivity index (χ0v) is 13.4. The third-order valence-electron chi connectivity index (χ3n) is 3.57. The van der Waals surface area contributed by atoms with Crippen LogP contribution in [0.15, 0.2) is 18.2 Å². The molecule has 0 bridgehead atoms. The van der Waals surface area contributed by atoms with Gasteiger partial charge in [-0.15, -0.1) is 0 Å². The van der Waals surface area contributed by atoms with Crippen LogP contribution in [0.2, 0.25) is 0 Å². The maximum Gasteiger partial charge on any atom is 0.148 e. The van der Waals surface area contributed by atoms with Crippen molar-refractivity contribution < 1.29 is 12.8 Å². The number of sulfone groups is 1. The summed E-state index contributed by atoms with van der Waals surface area (Å²) in [5.74, 6) is -0.148. The van der Waals surface area contributed by atoms with Crippen molar-refractivity contribution in [2.24, 2.45) is 0 Å². The van der Waals surface area contributed by atoms with Gasteiger partial charge in [-0.25, -0.2) is 12.8 Å².